The van der Waals surface area contributed by atoms with Gasteiger partial charge in [-0.3, -0.25) is 9.59 Å². The third-order valence-corrected chi connectivity index (χ3v) is 8.44. The first kappa shape index (κ1) is 27.7. The van der Waals surface area contributed by atoms with Crippen molar-refractivity contribution in [1.82, 2.24) is 14.5 Å². The maximum Gasteiger partial charge on any atom is 0.304 e. The van der Waals surface area contributed by atoms with Crippen molar-refractivity contribution in [3.05, 3.63) is 65.7 Å². The first-order valence-electron chi connectivity index (χ1n) is 12.5. The Hall–Kier alpha value is -2.91. The summed E-state index contributed by atoms with van der Waals surface area (Å²) >= 11 is 0. The summed E-state index contributed by atoms with van der Waals surface area (Å²) in [6, 6.07) is 15.8. The van der Waals surface area contributed by atoms with Gasteiger partial charge in [-0.1, -0.05) is 67.8 Å². The van der Waals surface area contributed by atoms with Crippen molar-refractivity contribution in [2.75, 3.05) is 24.9 Å². The SMILES string of the molecule is CC[C@@H](C(=O)NC1CCCC1)N(Cc1ccc(C)cc1)C(=O)CN(c1ccccc1)S(=O)(=O)N(C)C. The van der Waals surface area contributed by atoms with Gasteiger partial charge in [0.2, 0.25) is 11.8 Å². The minimum Gasteiger partial charge on any atom is -0.352 e. The van der Waals surface area contributed by atoms with Gasteiger partial charge in [0.25, 0.3) is 0 Å². The molecule has 0 aromatic heterocycles. The van der Waals surface area contributed by atoms with E-state index in [0.717, 1.165) is 45.4 Å². The van der Waals surface area contributed by atoms with Crippen molar-refractivity contribution in [1.29, 1.82) is 0 Å². The molecule has 0 spiro atoms. The Bertz CT molecular complexity index is 1110. The molecule has 0 saturated heterocycles. The van der Waals surface area contributed by atoms with E-state index >= 15 is 0 Å². The van der Waals surface area contributed by atoms with Crippen molar-refractivity contribution in [2.45, 2.75) is 64.6 Å². The van der Waals surface area contributed by atoms with Crippen LogP contribution in [0.15, 0.2) is 54.6 Å². The maximum absolute atomic E-state index is 13.8. The fraction of sp³-hybridized carbons (Fsp3) is 0.481. The Morgan fingerprint density at radius 1 is 1.00 bits per heavy atom. The molecular weight excluding hydrogens is 476 g/mol. The second-order valence-corrected chi connectivity index (χ2v) is 11.6. The summed E-state index contributed by atoms with van der Waals surface area (Å²) in [6.45, 7) is 3.66. The van der Waals surface area contributed by atoms with Crippen LogP contribution in [0.4, 0.5) is 5.69 Å². The summed E-state index contributed by atoms with van der Waals surface area (Å²) in [5, 5.41) is 3.12. The number of anilines is 1. The van der Waals surface area contributed by atoms with E-state index in [2.05, 4.69) is 5.32 Å². The number of nitrogens with zero attached hydrogens (tertiary/aromatic N) is 3. The Kier molecular flexibility index (Phi) is 9.50. The normalized spacial score (nSPS) is 15.0. The maximum atomic E-state index is 13.8. The first-order chi connectivity index (χ1) is 17.1. The molecule has 3 rings (SSSR count). The van der Waals surface area contributed by atoms with Crippen LogP contribution in [-0.4, -0.2) is 62.2 Å². The highest BCUT2D eigenvalue weighted by molar-refractivity contribution is 7.90. The summed E-state index contributed by atoms with van der Waals surface area (Å²) in [4.78, 5) is 28.7. The smallest absolute Gasteiger partial charge is 0.304 e. The summed E-state index contributed by atoms with van der Waals surface area (Å²) in [7, 11) is -1.08. The predicted octanol–water partition coefficient (Wildman–Crippen LogP) is 3.47. The number of rotatable bonds is 11. The van der Waals surface area contributed by atoms with E-state index in [-0.39, 0.29) is 18.5 Å². The molecule has 9 heteroatoms. The zero-order valence-corrected chi connectivity index (χ0v) is 22.5. The highest BCUT2D eigenvalue weighted by Gasteiger charge is 2.34. The van der Waals surface area contributed by atoms with Crippen LogP contribution in [0.25, 0.3) is 0 Å². The van der Waals surface area contributed by atoms with Crippen LogP contribution in [-0.2, 0) is 26.3 Å². The van der Waals surface area contributed by atoms with Gasteiger partial charge in [-0.25, -0.2) is 4.31 Å². The molecule has 8 nitrogen and oxygen atoms in total. The number of carbonyl (C=O) groups is 2. The zero-order chi connectivity index (χ0) is 26.3. The number of para-hydroxylation sites is 1. The lowest BCUT2D eigenvalue weighted by molar-refractivity contribution is -0.140. The van der Waals surface area contributed by atoms with E-state index < -0.39 is 28.7 Å². The van der Waals surface area contributed by atoms with E-state index in [9.17, 15) is 18.0 Å². The van der Waals surface area contributed by atoms with Crippen LogP contribution in [0.5, 0.6) is 0 Å². The molecule has 2 aromatic carbocycles. The van der Waals surface area contributed by atoms with Crippen LogP contribution < -0.4 is 9.62 Å². The number of carbonyl (C=O) groups excluding carboxylic acids is 2. The van der Waals surface area contributed by atoms with Crippen molar-refractivity contribution in [3.8, 4) is 0 Å². The predicted molar refractivity (Wildman–Crippen MR) is 143 cm³/mol. The summed E-state index contributed by atoms with van der Waals surface area (Å²) in [6.07, 6.45) is 4.47. The van der Waals surface area contributed by atoms with Gasteiger partial charge in [-0.15, -0.1) is 0 Å². The van der Waals surface area contributed by atoms with Gasteiger partial charge in [0, 0.05) is 26.7 Å². The number of amides is 2. The molecule has 2 aromatic rings. The summed E-state index contributed by atoms with van der Waals surface area (Å²) in [5.41, 5.74) is 2.36. The zero-order valence-electron chi connectivity index (χ0n) is 21.7. The van der Waals surface area contributed by atoms with Crippen LogP contribution in [0.3, 0.4) is 0 Å². The van der Waals surface area contributed by atoms with Crippen molar-refractivity contribution in [2.24, 2.45) is 0 Å². The second kappa shape index (κ2) is 12.4. The molecule has 0 unspecified atom stereocenters. The van der Waals surface area contributed by atoms with E-state index in [1.165, 1.54) is 19.0 Å². The monoisotopic (exact) mass is 514 g/mol. The number of hydrogen-bond acceptors (Lipinski definition) is 4. The highest BCUT2D eigenvalue weighted by Crippen LogP contribution is 2.22. The van der Waals surface area contributed by atoms with Gasteiger partial charge in [0.15, 0.2) is 0 Å². The molecule has 0 heterocycles. The lowest BCUT2D eigenvalue weighted by Gasteiger charge is -2.34. The quantitative estimate of drug-likeness (QED) is 0.497. The molecule has 1 atom stereocenters. The molecule has 196 valence electrons. The Morgan fingerprint density at radius 3 is 2.17 bits per heavy atom. The minimum atomic E-state index is -3.95. The van der Waals surface area contributed by atoms with Crippen LogP contribution in [0.1, 0.15) is 50.2 Å². The van der Waals surface area contributed by atoms with Gasteiger partial charge in [-0.2, -0.15) is 12.7 Å². The number of nitrogens with one attached hydrogen (secondary N) is 1. The Labute approximate surface area is 215 Å². The topological polar surface area (TPSA) is 90.0 Å². The van der Waals surface area contributed by atoms with Gasteiger partial charge >= 0.3 is 10.2 Å². The molecule has 1 fully saturated rings. The molecule has 0 bridgehead atoms. The average molecular weight is 515 g/mol. The molecule has 1 aliphatic rings. The average Bonchev–Trinajstić information content (AvgIpc) is 3.36. The van der Waals surface area contributed by atoms with Crippen molar-refractivity contribution < 1.29 is 18.0 Å². The molecule has 0 aliphatic heterocycles. The van der Waals surface area contributed by atoms with E-state index in [0.29, 0.717) is 12.1 Å². The van der Waals surface area contributed by atoms with Gasteiger partial charge in [0.1, 0.15) is 12.6 Å². The van der Waals surface area contributed by atoms with Crippen LogP contribution >= 0.6 is 0 Å². The van der Waals surface area contributed by atoms with Crippen molar-refractivity contribution >= 4 is 27.7 Å². The molecular formula is C27H38N4O4S. The first-order valence-corrected chi connectivity index (χ1v) is 13.9. The van der Waals surface area contributed by atoms with E-state index in [4.69, 9.17) is 0 Å². The summed E-state index contributed by atoms with van der Waals surface area (Å²) < 4.78 is 28.6. The van der Waals surface area contributed by atoms with E-state index in [1.54, 1.807) is 30.3 Å². The largest absolute Gasteiger partial charge is 0.352 e. The van der Waals surface area contributed by atoms with Gasteiger partial charge in [0.05, 0.1) is 5.69 Å². The standard InChI is InChI=1S/C27H38N4O4S/c1-5-25(27(33)28-23-11-9-10-12-23)30(19-22-17-15-21(2)16-18-22)26(32)20-31(36(34,35)29(3)4)24-13-7-6-8-14-24/h6-8,13-18,23,25H,5,9-12,19-20H2,1-4H3,(H,28,33)/t25-/m0/s1. The molecule has 0 radical (unpaired) electrons. The van der Waals surface area contributed by atoms with Gasteiger partial charge < -0.3 is 10.2 Å². The van der Waals surface area contributed by atoms with Crippen LogP contribution in [0, 0.1) is 6.92 Å². The third-order valence-electron chi connectivity index (χ3n) is 6.62. The highest BCUT2D eigenvalue weighted by atomic mass is 32.2. The molecule has 1 aliphatic carbocycles. The van der Waals surface area contributed by atoms with Crippen LogP contribution in [0.2, 0.25) is 0 Å². The van der Waals surface area contributed by atoms with E-state index in [1.807, 2.05) is 38.1 Å². The Morgan fingerprint density at radius 2 is 1.61 bits per heavy atom. The molecule has 2 amide bonds. The molecule has 1 saturated carbocycles. The third kappa shape index (κ3) is 6.85. The number of hydrogen-bond donors (Lipinski definition) is 1. The fourth-order valence-electron chi connectivity index (χ4n) is 4.49. The Balaban J connectivity index is 1.94. The fourth-order valence-corrected chi connectivity index (χ4v) is 5.54. The summed E-state index contributed by atoms with van der Waals surface area (Å²) in [5.74, 6) is -0.620. The lowest BCUT2D eigenvalue weighted by atomic mass is 10.1. The van der Waals surface area contributed by atoms with Gasteiger partial charge in [-0.05, 0) is 43.9 Å². The number of benzene rings is 2. The lowest BCUT2D eigenvalue weighted by Crippen LogP contribution is -2.54. The van der Waals surface area contributed by atoms with Crippen molar-refractivity contribution in [3.63, 3.8) is 0 Å². The molecule has 36 heavy (non-hydrogen) atoms. The minimum absolute atomic E-state index is 0.123. The second-order valence-electron chi connectivity index (χ2n) is 9.55. The number of aryl methyl sites for hydroxylation is 1. The molecule has 1 N–H and O–H groups in total.